The van der Waals surface area contributed by atoms with Crippen LogP contribution in [0.1, 0.15) is 31.4 Å². The van der Waals surface area contributed by atoms with Crippen LogP contribution in [0.3, 0.4) is 0 Å². The monoisotopic (exact) mass is 440 g/mol. The van der Waals surface area contributed by atoms with Crippen molar-refractivity contribution in [2.75, 3.05) is 13.4 Å². The van der Waals surface area contributed by atoms with Gasteiger partial charge in [-0.2, -0.15) is 5.10 Å². The molecule has 3 aromatic rings. The SMILES string of the molecule is COc1ccc(-n2nc(C3(O)CCC(=O)CC3)cc2-c2ccc(S(C)(=O)=O)cc2)cc1. The number of rotatable bonds is 5. The number of nitrogens with zero attached hydrogens (tertiary/aromatic N) is 2. The van der Waals surface area contributed by atoms with E-state index in [0.29, 0.717) is 42.8 Å². The molecule has 0 unspecified atom stereocenters. The van der Waals surface area contributed by atoms with Gasteiger partial charge in [-0.3, -0.25) is 4.79 Å². The van der Waals surface area contributed by atoms with Crippen molar-refractivity contribution >= 4 is 15.6 Å². The first-order chi connectivity index (χ1) is 14.7. The van der Waals surface area contributed by atoms with Gasteiger partial charge in [-0.05, 0) is 55.3 Å². The molecule has 8 heteroatoms. The first kappa shape index (κ1) is 21.3. The van der Waals surface area contributed by atoms with Crippen molar-refractivity contribution in [1.82, 2.24) is 9.78 Å². The molecular formula is C23H24N2O5S. The lowest BCUT2D eigenvalue weighted by molar-refractivity contribution is -0.125. The van der Waals surface area contributed by atoms with Crippen molar-refractivity contribution < 1.29 is 23.1 Å². The molecule has 0 spiro atoms. The number of hydrogen-bond donors (Lipinski definition) is 1. The van der Waals surface area contributed by atoms with Crippen LogP contribution in [-0.4, -0.2) is 42.5 Å². The van der Waals surface area contributed by atoms with Gasteiger partial charge in [0.05, 0.1) is 29.1 Å². The Morgan fingerprint density at radius 1 is 1.03 bits per heavy atom. The molecule has 0 atom stereocenters. The van der Waals surface area contributed by atoms with Gasteiger partial charge < -0.3 is 9.84 Å². The van der Waals surface area contributed by atoms with E-state index < -0.39 is 15.4 Å². The van der Waals surface area contributed by atoms with E-state index in [9.17, 15) is 18.3 Å². The van der Waals surface area contributed by atoms with Gasteiger partial charge in [0.25, 0.3) is 0 Å². The molecule has 0 bridgehead atoms. The molecule has 7 nitrogen and oxygen atoms in total. The summed E-state index contributed by atoms with van der Waals surface area (Å²) >= 11 is 0. The Bertz CT molecular complexity index is 1200. The second-order valence-corrected chi connectivity index (χ2v) is 9.91. The molecule has 0 radical (unpaired) electrons. The van der Waals surface area contributed by atoms with Crippen LogP contribution in [0.15, 0.2) is 59.5 Å². The number of aliphatic hydroxyl groups is 1. The summed E-state index contributed by atoms with van der Waals surface area (Å²) < 4.78 is 30.6. The molecule has 31 heavy (non-hydrogen) atoms. The highest BCUT2D eigenvalue weighted by Crippen LogP contribution is 2.37. The summed E-state index contributed by atoms with van der Waals surface area (Å²) in [5, 5.41) is 15.9. The van der Waals surface area contributed by atoms with E-state index in [2.05, 4.69) is 0 Å². The number of ketones is 1. The Morgan fingerprint density at radius 3 is 2.19 bits per heavy atom. The molecule has 2 aromatic carbocycles. The van der Waals surface area contributed by atoms with Gasteiger partial charge in [0.2, 0.25) is 0 Å². The molecule has 4 rings (SSSR count). The first-order valence-corrected chi connectivity index (χ1v) is 11.9. The standard InChI is InChI=1S/C23H24N2O5S/c1-30-19-7-5-17(6-8-19)25-21(16-3-9-20(10-4-16)31(2,28)29)15-22(24-25)23(27)13-11-18(26)12-14-23/h3-10,15,27H,11-14H2,1-2H3. The topological polar surface area (TPSA) is 98.5 Å². The number of methoxy groups -OCH3 is 1. The molecule has 1 aliphatic carbocycles. The minimum absolute atomic E-state index is 0.149. The van der Waals surface area contributed by atoms with Crippen molar-refractivity contribution in [2.24, 2.45) is 0 Å². The van der Waals surface area contributed by atoms with E-state index in [-0.39, 0.29) is 10.7 Å². The van der Waals surface area contributed by atoms with E-state index in [1.54, 1.807) is 36.1 Å². The fourth-order valence-electron chi connectivity index (χ4n) is 3.81. The number of aromatic nitrogens is 2. The van der Waals surface area contributed by atoms with Gasteiger partial charge in [-0.15, -0.1) is 0 Å². The van der Waals surface area contributed by atoms with E-state index in [4.69, 9.17) is 9.84 Å². The highest BCUT2D eigenvalue weighted by Gasteiger charge is 2.37. The largest absolute Gasteiger partial charge is 0.497 e. The Hall–Kier alpha value is -2.97. The normalized spacial score (nSPS) is 16.3. The van der Waals surface area contributed by atoms with Gasteiger partial charge in [-0.25, -0.2) is 13.1 Å². The molecule has 0 saturated heterocycles. The van der Waals surface area contributed by atoms with Crippen molar-refractivity contribution in [3.05, 3.63) is 60.3 Å². The molecule has 0 amide bonds. The number of sulfone groups is 1. The molecule has 0 aliphatic heterocycles. The minimum Gasteiger partial charge on any atom is -0.497 e. The van der Waals surface area contributed by atoms with Gasteiger partial charge in [-0.1, -0.05) is 12.1 Å². The minimum atomic E-state index is -3.31. The van der Waals surface area contributed by atoms with Crippen LogP contribution in [0.5, 0.6) is 5.75 Å². The summed E-state index contributed by atoms with van der Waals surface area (Å²) in [6, 6.07) is 15.7. The molecule has 1 saturated carbocycles. The van der Waals surface area contributed by atoms with E-state index >= 15 is 0 Å². The van der Waals surface area contributed by atoms with Gasteiger partial charge in [0.15, 0.2) is 9.84 Å². The fraction of sp³-hybridized carbons (Fsp3) is 0.304. The zero-order valence-corrected chi connectivity index (χ0v) is 18.2. The van der Waals surface area contributed by atoms with Crippen LogP contribution in [0.4, 0.5) is 0 Å². The highest BCUT2D eigenvalue weighted by molar-refractivity contribution is 7.90. The van der Waals surface area contributed by atoms with Crippen LogP contribution in [0, 0.1) is 0 Å². The Kier molecular flexibility index (Phi) is 5.45. The number of hydrogen-bond acceptors (Lipinski definition) is 6. The highest BCUT2D eigenvalue weighted by atomic mass is 32.2. The van der Waals surface area contributed by atoms with Crippen LogP contribution in [0.25, 0.3) is 16.9 Å². The predicted molar refractivity (Wildman–Crippen MR) is 116 cm³/mol. The summed E-state index contributed by atoms with van der Waals surface area (Å²) in [4.78, 5) is 11.9. The van der Waals surface area contributed by atoms with E-state index in [0.717, 1.165) is 11.3 Å². The number of carbonyl (C=O) groups is 1. The third-order valence-electron chi connectivity index (χ3n) is 5.72. The van der Waals surface area contributed by atoms with Crippen LogP contribution < -0.4 is 4.74 Å². The van der Waals surface area contributed by atoms with Crippen molar-refractivity contribution in [2.45, 2.75) is 36.2 Å². The summed E-state index contributed by atoms with van der Waals surface area (Å²) in [5.74, 6) is 0.857. The van der Waals surface area contributed by atoms with Gasteiger partial charge >= 0.3 is 0 Å². The molecule has 1 N–H and O–H groups in total. The maximum Gasteiger partial charge on any atom is 0.175 e. The second kappa shape index (κ2) is 7.94. The Labute approximate surface area is 181 Å². The lowest BCUT2D eigenvalue weighted by Gasteiger charge is -2.29. The molecule has 162 valence electrons. The first-order valence-electron chi connectivity index (χ1n) is 9.99. The van der Waals surface area contributed by atoms with Crippen LogP contribution in [0.2, 0.25) is 0 Å². The molecular weight excluding hydrogens is 416 g/mol. The number of benzene rings is 2. The summed E-state index contributed by atoms with van der Waals surface area (Å²) in [6.07, 6.45) is 2.48. The lowest BCUT2D eigenvalue weighted by Crippen LogP contribution is -2.32. The summed E-state index contributed by atoms with van der Waals surface area (Å²) in [6.45, 7) is 0. The average molecular weight is 441 g/mol. The van der Waals surface area contributed by atoms with Gasteiger partial charge in [0, 0.05) is 24.7 Å². The molecule has 1 fully saturated rings. The third-order valence-corrected chi connectivity index (χ3v) is 6.84. The Morgan fingerprint density at radius 2 is 1.65 bits per heavy atom. The maximum absolute atomic E-state index is 11.8. The van der Waals surface area contributed by atoms with Crippen molar-refractivity contribution in [3.8, 4) is 22.7 Å². The second-order valence-electron chi connectivity index (χ2n) is 7.89. The smallest absolute Gasteiger partial charge is 0.175 e. The maximum atomic E-state index is 11.8. The molecule has 1 heterocycles. The number of ether oxygens (including phenoxy) is 1. The molecule has 1 aliphatic rings. The fourth-order valence-corrected chi connectivity index (χ4v) is 4.44. The van der Waals surface area contributed by atoms with Gasteiger partial charge in [0.1, 0.15) is 17.1 Å². The average Bonchev–Trinajstić information content (AvgIpc) is 3.22. The van der Waals surface area contributed by atoms with Crippen LogP contribution >= 0.6 is 0 Å². The third kappa shape index (κ3) is 4.26. The van der Waals surface area contributed by atoms with E-state index in [1.165, 1.54) is 6.26 Å². The number of carbonyl (C=O) groups excluding carboxylic acids is 1. The molecule has 1 aromatic heterocycles. The van der Waals surface area contributed by atoms with E-state index in [1.807, 2.05) is 30.3 Å². The van der Waals surface area contributed by atoms with Crippen molar-refractivity contribution in [1.29, 1.82) is 0 Å². The number of Topliss-reactive ketones (excluding diaryl/α,β-unsaturated/α-hetero) is 1. The summed E-state index contributed by atoms with van der Waals surface area (Å²) in [5.41, 5.74) is 1.57. The lowest BCUT2D eigenvalue weighted by atomic mass is 9.82. The van der Waals surface area contributed by atoms with Crippen molar-refractivity contribution in [3.63, 3.8) is 0 Å². The summed E-state index contributed by atoms with van der Waals surface area (Å²) in [7, 11) is -1.71. The zero-order chi connectivity index (χ0) is 22.2. The predicted octanol–water partition coefficient (Wildman–Crippen LogP) is 3.28. The van der Waals surface area contributed by atoms with Crippen LogP contribution in [-0.2, 0) is 20.2 Å². The zero-order valence-electron chi connectivity index (χ0n) is 17.4. The Balaban J connectivity index is 1.82. The quantitative estimate of drug-likeness (QED) is 0.654.